The fraction of sp³-hybridized carbons (Fsp3) is 0.909. The van der Waals surface area contributed by atoms with Gasteiger partial charge in [0.25, 0.3) is 0 Å². The molecule has 0 rings (SSSR count). The highest BCUT2D eigenvalue weighted by Crippen LogP contribution is 1.86. The number of ether oxygens (including phenoxy) is 3. The van der Waals surface area contributed by atoms with E-state index in [2.05, 4.69) is 14.7 Å². The molecule has 0 unspecified atom stereocenters. The fourth-order valence-corrected chi connectivity index (χ4v) is 0.761. The highest BCUT2D eigenvalue weighted by atomic mass is 16.8. The van der Waals surface area contributed by atoms with Crippen LogP contribution in [0.1, 0.15) is 33.6 Å². The Morgan fingerprint density at radius 1 is 1.29 bits per heavy atom. The van der Waals surface area contributed by atoms with Gasteiger partial charge in [-0.2, -0.15) is 4.84 Å². The Morgan fingerprint density at radius 2 is 2.00 bits per heavy atom. The molecule has 2 N–H and O–H groups in total. The Balaban J connectivity index is 0. The second-order valence-corrected chi connectivity index (χ2v) is 3.37. The van der Waals surface area contributed by atoms with E-state index in [-0.39, 0.29) is 18.6 Å². The molecule has 0 aliphatic heterocycles. The minimum Gasteiger partial charge on any atom is -0.570 e. The second kappa shape index (κ2) is 18.4. The third-order valence-electron chi connectivity index (χ3n) is 1.65. The Labute approximate surface area is 124 Å². The molecule has 0 aliphatic carbocycles. The average molecular weight is 311 g/mol. The van der Waals surface area contributed by atoms with Crippen molar-refractivity contribution in [1.29, 1.82) is 0 Å². The molecule has 0 aromatic carbocycles. The molecule has 0 bridgehead atoms. The first-order valence-corrected chi connectivity index (χ1v) is 6.61. The van der Waals surface area contributed by atoms with Crippen LogP contribution in [0.3, 0.4) is 0 Å². The highest BCUT2D eigenvalue weighted by Gasteiger charge is 1.92. The summed E-state index contributed by atoms with van der Waals surface area (Å²) in [5, 5.41) is 21.9. The lowest BCUT2D eigenvalue weighted by atomic mass is 10.4. The summed E-state index contributed by atoms with van der Waals surface area (Å²) >= 11 is 0. The van der Waals surface area contributed by atoms with Crippen molar-refractivity contribution in [3.8, 4) is 0 Å². The molecule has 0 saturated heterocycles. The van der Waals surface area contributed by atoms with Crippen molar-refractivity contribution in [3.63, 3.8) is 0 Å². The number of carbonyl (C=O) groups is 1. The molecule has 0 spiro atoms. The van der Waals surface area contributed by atoms with Gasteiger partial charge in [0.05, 0.1) is 11.6 Å². The van der Waals surface area contributed by atoms with Crippen molar-refractivity contribution < 1.29 is 33.9 Å². The lowest BCUT2D eigenvalue weighted by Crippen LogP contribution is -2.24. The van der Waals surface area contributed by atoms with Crippen LogP contribution in [0.25, 0.3) is 0 Å². The summed E-state index contributed by atoms with van der Waals surface area (Å²) in [6, 6.07) is 0. The van der Waals surface area contributed by atoms with Gasteiger partial charge in [0.2, 0.25) is 0 Å². The lowest BCUT2D eigenvalue weighted by Gasteiger charge is -2.04. The molecule has 0 amide bonds. The molecular weight excluding hydrogens is 286 g/mol. The zero-order valence-electron chi connectivity index (χ0n) is 12.7. The van der Waals surface area contributed by atoms with Crippen LogP contribution in [-0.2, 0) is 19.0 Å². The molecule has 0 radical (unpaired) electrons. The standard InChI is InChI=1S/C6H15N3O4.C5H10O3/c1-3-7-9(10)8-13-6-12-5-11-4-2;1-2-3-4-8-5(6)7/h3-6H2,1-2H3,(H,7,8);2-4H2,1H3,(H,6,7). The molecule has 0 aromatic heterocycles. The van der Waals surface area contributed by atoms with Crippen LogP contribution in [0, 0.1) is 5.21 Å². The maximum absolute atomic E-state index is 10.6. The van der Waals surface area contributed by atoms with Crippen LogP contribution >= 0.6 is 0 Å². The van der Waals surface area contributed by atoms with Crippen LogP contribution in [0.15, 0.2) is 5.11 Å². The minimum absolute atomic E-state index is 0.0715. The van der Waals surface area contributed by atoms with E-state index in [1.807, 2.05) is 19.4 Å². The zero-order valence-corrected chi connectivity index (χ0v) is 12.7. The SMILES string of the molecule is CCCCOC(=O)O.CCN=[N+]([O-])NOCOCOCC. The molecular formula is C11H25N3O7. The predicted molar refractivity (Wildman–Crippen MR) is 72.1 cm³/mol. The molecule has 126 valence electrons. The first-order chi connectivity index (χ1) is 10.1. The van der Waals surface area contributed by atoms with Gasteiger partial charge in [-0.25, -0.2) is 4.79 Å². The van der Waals surface area contributed by atoms with E-state index in [0.29, 0.717) is 19.8 Å². The number of rotatable bonds is 11. The monoisotopic (exact) mass is 311 g/mol. The Hall–Kier alpha value is -1.65. The van der Waals surface area contributed by atoms with Crippen molar-refractivity contribution in [2.24, 2.45) is 5.11 Å². The Bertz CT molecular complexity index is 264. The maximum Gasteiger partial charge on any atom is 0.505 e. The lowest BCUT2D eigenvalue weighted by molar-refractivity contribution is -0.649. The molecule has 10 nitrogen and oxygen atoms in total. The Kier molecular flexibility index (Phi) is 18.9. The van der Waals surface area contributed by atoms with Crippen LogP contribution in [0.4, 0.5) is 4.79 Å². The van der Waals surface area contributed by atoms with Gasteiger partial charge in [-0.05, 0) is 25.9 Å². The van der Waals surface area contributed by atoms with Gasteiger partial charge in [0.15, 0.2) is 6.79 Å². The summed E-state index contributed by atoms with van der Waals surface area (Å²) in [5.74, 6) is 0. The average Bonchev–Trinajstić information content (AvgIpc) is 2.44. The van der Waals surface area contributed by atoms with Crippen molar-refractivity contribution in [2.45, 2.75) is 33.6 Å². The number of nitrogens with zero attached hydrogens (tertiary/aromatic N) is 2. The number of nitrogens with one attached hydrogen (secondary N) is 1. The molecule has 0 atom stereocenters. The summed E-state index contributed by atoms with van der Waals surface area (Å²) in [4.78, 5) is 14.4. The molecule has 0 saturated carbocycles. The van der Waals surface area contributed by atoms with Crippen LogP contribution in [0.2, 0.25) is 0 Å². The maximum atomic E-state index is 10.6. The van der Waals surface area contributed by atoms with Crippen LogP contribution in [0.5, 0.6) is 0 Å². The summed E-state index contributed by atoms with van der Waals surface area (Å²) in [5.41, 5.74) is 1.99. The van der Waals surface area contributed by atoms with Crippen molar-refractivity contribution in [2.75, 3.05) is 33.3 Å². The molecule has 0 aliphatic rings. The fourth-order valence-electron chi connectivity index (χ4n) is 0.761. The van der Waals surface area contributed by atoms with E-state index in [9.17, 15) is 10.0 Å². The highest BCUT2D eigenvalue weighted by molar-refractivity contribution is 5.56. The van der Waals surface area contributed by atoms with Gasteiger partial charge < -0.3 is 24.5 Å². The Morgan fingerprint density at radius 3 is 2.52 bits per heavy atom. The van der Waals surface area contributed by atoms with Crippen molar-refractivity contribution in [1.82, 2.24) is 5.59 Å². The number of unbranched alkanes of at least 4 members (excludes halogenated alkanes) is 1. The van der Waals surface area contributed by atoms with Gasteiger partial charge in [0, 0.05) is 11.7 Å². The summed E-state index contributed by atoms with van der Waals surface area (Å²) in [6.45, 7) is 6.92. The summed E-state index contributed by atoms with van der Waals surface area (Å²) < 4.78 is 13.8. The molecule has 0 fully saturated rings. The molecule has 21 heavy (non-hydrogen) atoms. The van der Waals surface area contributed by atoms with Crippen LogP contribution in [-0.4, -0.2) is 49.6 Å². The molecule has 0 heterocycles. The van der Waals surface area contributed by atoms with E-state index in [4.69, 9.17) is 14.6 Å². The number of hydrogen-bond acceptors (Lipinski definition) is 7. The minimum atomic E-state index is -1.18. The van der Waals surface area contributed by atoms with E-state index < -0.39 is 6.16 Å². The normalized spacial score (nSPS) is 10.5. The number of hydrazine groups is 1. The van der Waals surface area contributed by atoms with Gasteiger partial charge in [-0.15, -0.1) is 0 Å². The van der Waals surface area contributed by atoms with Gasteiger partial charge in [0.1, 0.15) is 13.3 Å². The largest absolute Gasteiger partial charge is 0.570 e. The quantitative estimate of drug-likeness (QED) is 0.148. The van der Waals surface area contributed by atoms with Gasteiger partial charge in [-0.3, -0.25) is 0 Å². The van der Waals surface area contributed by atoms with Crippen LogP contribution < -0.4 is 5.59 Å². The predicted octanol–water partition coefficient (Wildman–Crippen LogP) is 1.85. The first kappa shape index (κ1) is 21.6. The van der Waals surface area contributed by atoms with Crippen molar-refractivity contribution >= 4 is 6.16 Å². The third kappa shape index (κ3) is 23.8. The van der Waals surface area contributed by atoms with Gasteiger partial charge >= 0.3 is 6.16 Å². The van der Waals surface area contributed by atoms with E-state index in [1.54, 1.807) is 6.92 Å². The first-order valence-electron chi connectivity index (χ1n) is 6.61. The zero-order chi connectivity index (χ0) is 16.3. The molecule has 0 aromatic rings. The number of hydrogen-bond donors (Lipinski definition) is 2. The molecule has 10 heteroatoms. The summed E-state index contributed by atoms with van der Waals surface area (Å²) in [7, 11) is 0. The summed E-state index contributed by atoms with van der Waals surface area (Å²) in [6.07, 6.45) is 0.595. The second-order valence-electron chi connectivity index (χ2n) is 3.37. The van der Waals surface area contributed by atoms with E-state index in [1.165, 1.54) is 0 Å². The van der Waals surface area contributed by atoms with Crippen molar-refractivity contribution in [3.05, 3.63) is 5.21 Å². The topological polar surface area (TPSA) is 125 Å². The number of carboxylic acid groups (broad SMARTS) is 1. The van der Waals surface area contributed by atoms with E-state index >= 15 is 0 Å². The third-order valence-corrected chi connectivity index (χ3v) is 1.65. The smallest absolute Gasteiger partial charge is 0.505 e. The van der Waals surface area contributed by atoms with Gasteiger partial charge in [-0.1, -0.05) is 13.3 Å². The van der Waals surface area contributed by atoms with E-state index in [0.717, 1.165) is 12.8 Å².